The number of sulfonamides is 1. The first kappa shape index (κ1) is 24.0. The Balaban J connectivity index is 2.08. The van der Waals surface area contributed by atoms with Gasteiger partial charge in [-0.25, -0.2) is 12.8 Å². The molecule has 0 saturated heterocycles. The van der Waals surface area contributed by atoms with E-state index in [-0.39, 0.29) is 13.0 Å². The van der Waals surface area contributed by atoms with Crippen molar-refractivity contribution < 1.29 is 27.1 Å². The van der Waals surface area contributed by atoms with Gasteiger partial charge in [0.2, 0.25) is 10.0 Å². The highest BCUT2D eigenvalue weighted by Gasteiger charge is 2.29. The maximum atomic E-state index is 13.8. The van der Waals surface area contributed by atoms with E-state index in [0.717, 1.165) is 12.1 Å². The molecule has 31 heavy (non-hydrogen) atoms. The smallest absolute Gasteiger partial charge is 0.324 e. The Bertz CT molecular complexity index is 1070. The molecule has 0 spiro atoms. The number of hydrogen-bond donors (Lipinski definition) is 1. The Kier molecular flexibility index (Phi) is 8.24. The average Bonchev–Trinajstić information content (AvgIpc) is 2.74. The van der Waals surface area contributed by atoms with Gasteiger partial charge in [-0.15, -0.1) is 0 Å². The number of carbonyl (C=O) groups excluding carboxylic acids is 2. The van der Waals surface area contributed by atoms with Crippen LogP contribution in [0.1, 0.15) is 20.3 Å². The molecule has 164 valence electrons. The molecule has 2 aromatic carbocycles. The molecule has 0 bridgehead atoms. The normalized spacial score (nSPS) is 13.0. The van der Waals surface area contributed by atoms with Crippen molar-refractivity contribution in [1.82, 2.24) is 4.72 Å². The van der Waals surface area contributed by atoms with Crippen LogP contribution in [0.25, 0.3) is 0 Å². The van der Waals surface area contributed by atoms with Crippen LogP contribution in [0, 0.1) is 17.1 Å². The molecule has 0 aliphatic heterocycles. The number of ether oxygens (including phenoxy) is 1. The lowest BCUT2D eigenvalue weighted by molar-refractivity contribution is -0.155. The minimum Gasteiger partial charge on any atom is -0.451 e. The Morgan fingerprint density at radius 1 is 1.13 bits per heavy atom. The predicted molar refractivity (Wildman–Crippen MR) is 111 cm³/mol. The molecular weight excluding hydrogens is 425 g/mol. The van der Waals surface area contributed by atoms with E-state index in [1.165, 1.54) is 30.9 Å². The van der Waals surface area contributed by atoms with Crippen molar-refractivity contribution in [1.29, 1.82) is 5.26 Å². The van der Waals surface area contributed by atoms with Crippen molar-refractivity contribution in [2.75, 3.05) is 11.4 Å². The van der Waals surface area contributed by atoms with Crippen molar-refractivity contribution in [2.45, 2.75) is 37.3 Å². The standard InChI is InChI=1S/C21H22FN3O5S/c1-15(24-31(28,29)19-12-7-6-11-18(19)22)21(27)30-16(2)20(26)25(14-8-13-23)17-9-4-3-5-10-17/h3-7,9-12,15-16,24H,8,14H2,1-2H3. The molecule has 0 saturated carbocycles. The molecule has 1 N–H and O–H groups in total. The Morgan fingerprint density at radius 3 is 2.35 bits per heavy atom. The Hall–Kier alpha value is -3.29. The van der Waals surface area contributed by atoms with Crippen LogP contribution in [-0.4, -0.2) is 39.0 Å². The molecule has 2 rings (SSSR count). The highest BCUT2D eigenvalue weighted by Crippen LogP contribution is 2.17. The number of esters is 1. The SMILES string of the molecule is CC(NS(=O)(=O)c1ccccc1F)C(=O)OC(C)C(=O)N(CCC#N)c1ccccc1. The summed E-state index contributed by atoms with van der Waals surface area (Å²) in [4.78, 5) is 25.9. The average molecular weight is 447 g/mol. The number of anilines is 1. The van der Waals surface area contributed by atoms with Gasteiger partial charge in [0, 0.05) is 12.2 Å². The number of halogens is 1. The van der Waals surface area contributed by atoms with Crippen molar-refractivity contribution in [3.63, 3.8) is 0 Å². The molecule has 0 fully saturated rings. The first-order chi connectivity index (χ1) is 14.7. The fourth-order valence-corrected chi connectivity index (χ4v) is 3.96. The van der Waals surface area contributed by atoms with Gasteiger partial charge in [0.25, 0.3) is 5.91 Å². The van der Waals surface area contributed by atoms with E-state index in [0.29, 0.717) is 5.69 Å². The first-order valence-corrected chi connectivity index (χ1v) is 10.9. The van der Waals surface area contributed by atoms with Crippen molar-refractivity contribution in [2.24, 2.45) is 0 Å². The lowest BCUT2D eigenvalue weighted by Gasteiger charge is -2.25. The second-order valence-electron chi connectivity index (χ2n) is 6.59. The summed E-state index contributed by atoms with van der Waals surface area (Å²) < 4.78 is 45.6. The fraction of sp³-hybridized carbons (Fsp3) is 0.286. The number of nitrogens with one attached hydrogen (secondary N) is 1. The molecule has 0 heterocycles. The monoisotopic (exact) mass is 447 g/mol. The van der Waals surface area contributed by atoms with E-state index >= 15 is 0 Å². The number of benzene rings is 2. The number of amides is 1. The molecule has 2 atom stereocenters. The molecule has 10 heteroatoms. The van der Waals surface area contributed by atoms with E-state index in [1.807, 2.05) is 10.8 Å². The fourth-order valence-electron chi connectivity index (χ4n) is 2.69. The minimum absolute atomic E-state index is 0.0696. The van der Waals surface area contributed by atoms with Crippen LogP contribution in [0.2, 0.25) is 0 Å². The van der Waals surface area contributed by atoms with Crippen molar-refractivity contribution in [3.8, 4) is 6.07 Å². The summed E-state index contributed by atoms with van der Waals surface area (Å²) in [6.07, 6.45) is -1.17. The van der Waals surface area contributed by atoms with Crippen LogP contribution in [0.5, 0.6) is 0 Å². The summed E-state index contributed by atoms with van der Waals surface area (Å²) in [5, 5.41) is 8.86. The molecule has 8 nitrogen and oxygen atoms in total. The Morgan fingerprint density at radius 2 is 1.74 bits per heavy atom. The maximum Gasteiger partial charge on any atom is 0.324 e. The Labute approximate surface area is 180 Å². The largest absolute Gasteiger partial charge is 0.451 e. The molecule has 2 aromatic rings. The number of rotatable bonds is 9. The van der Waals surface area contributed by atoms with Crippen molar-refractivity contribution in [3.05, 3.63) is 60.4 Å². The van der Waals surface area contributed by atoms with Gasteiger partial charge < -0.3 is 9.64 Å². The van der Waals surface area contributed by atoms with Gasteiger partial charge in [0.05, 0.1) is 12.5 Å². The van der Waals surface area contributed by atoms with E-state index in [1.54, 1.807) is 30.3 Å². The van der Waals surface area contributed by atoms with Crippen LogP contribution in [-0.2, 0) is 24.3 Å². The summed E-state index contributed by atoms with van der Waals surface area (Å²) >= 11 is 0. The zero-order valence-electron chi connectivity index (χ0n) is 17.0. The highest BCUT2D eigenvalue weighted by molar-refractivity contribution is 7.89. The third-order valence-electron chi connectivity index (χ3n) is 4.23. The van der Waals surface area contributed by atoms with Gasteiger partial charge in [-0.3, -0.25) is 9.59 Å². The molecule has 2 unspecified atom stereocenters. The third kappa shape index (κ3) is 6.34. The number of carbonyl (C=O) groups is 2. The van der Waals surface area contributed by atoms with E-state index in [9.17, 15) is 22.4 Å². The summed E-state index contributed by atoms with van der Waals surface area (Å²) in [7, 11) is -4.32. The number of nitrogens with zero attached hydrogens (tertiary/aromatic N) is 2. The lowest BCUT2D eigenvalue weighted by Crippen LogP contribution is -2.45. The van der Waals surface area contributed by atoms with Gasteiger partial charge in [-0.05, 0) is 38.1 Å². The lowest BCUT2D eigenvalue weighted by atomic mass is 10.2. The van der Waals surface area contributed by atoms with Gasteiger partial charge in [-0.2, -0.15) is 9.98 Å². The maximum absolute atomic E-state index is 13.8. The minimum atomic E-state index is -4.32. The summed E-state index contributed by atoms with van der Waals surface area (Å²) in [5.74, 6) is -2.54. The van der Waals surface area contributed by atoms with Crippen LogP contribution < -0.4 is 9.62 Å². The van der Waals surface area contributed by atoms with E-state index in [2.05, 4.69) is 0 Å². The summed E-state index contributed by atoms with van der Waals surface area (Å²) in [5.41, 5.74) is 0.527. The van der Waals surface area contributed by atoms with Crippen LogP contribution in [0.15, 0.2) is 59.5 Å². The molecule has 0 aliphatic rings. The summed E-state index contributed by atoms with van der Waals surface area (Å²) in [6, 6.07) is 13.9. The first-order valence-electron chi connectivity index (χ1n) is 9.38. The predicted octanol–water partition coefficient (Wildman–Crippen LogP) is 2.37. The zero-order valence-corrected chi connectivity index (χ0v) is 17.8. The molecule has 1 amide bonds. The van der Waals surface area contributed by atoms with E-state index < -0.39 is 44.8 Å². The topological polar surface area (TPSA) is 117 Å². The second-order valence-corrected chi connectivity index (χ2v) is 8.27. The molecule has 0 radical (unpaired) electrons. The van der Waals surface area contributed by atoms with Gasteiger partial charge in [0.15, 0.2) is 6.10 Å². The van der Waals surface area contributed by atoms with E-state index in [4.69, 9.17) is 10.00 Å². The second kappa shape index (κ2) is 10.7. The number of para-hydroxylation sites is 1. The highest BCUT2D eigenvalue weighted by atomic mass is 32.2. The number of nitriles is 1. The van der Waals surface area contributed by atoms with Crippen LogP contribution in [0.3, 0.4) is 0 Å². The van der Waals surface area contributed by atoms with Gasteiger partial charge in [-0.1, -0.05) is 30.3 Å². The van der Waals surface area contributed by atoms with Crippen molar-refractivity contribution >= 4 is 27.6 Å². The van der Waals surface area contributed by atoms with Crippen LogP contribution >= 0.6 is 0 Å². The number of hydrogen-bond acceptors (Lipinski definition) is 6. The third-order valence-corrected chi connectivity index (χ3v) is 5.81. The quantitative estimate of drug-likeness (QED) is 0.590. The molecule has 0 aliphatic carbocycles. The van der Waals surface area contributed by atoms with Gasteiger partial charge >= 0.3 is 5.97 Å². The zero-order chi connectivity index (χ0) is 23.0. The molecular formula is C21H22FN3O5S. The molecule has 0 aromatic heterocycles. The summed E-state index contributed by atoms with van der Waals surface area (Å²) in [6.45, 7) is 2.67. The van der Waals surface area contributed by atoms with Gasteiger partial charge in [0.1, 0.15) is 16.8 Å². The van der Waals surface area contributed by atoms with Crippen LogP contribution in [0.4, 0.5) is 10.1 Å².